The number of carbonyl (C=O) groups excluding carboxylic acids is 1. The number of anilines is 2. The molecule has 0 saturated carbocycles. The Morgan fingerprint density at radius 1 is 1.32 bits per heavy atom. The fourth-order valence-electron chi connectivity index (χ4n) is 2.57. The number of nitrogens with one attached hydrogen (secondary N) is 2. The lowest BCUT2D eigenvalue weighted by molar-refractivity contribution is -0.120. The SMILES string of the molecule is C[C@@]1(NC(=O)CSc2nnc(Nc3ccccc3)s2)CCS(=O)(=O)C1. The van der Waals surface area contributed by atoms with E-state index in [1.165, 1.54) is 23.1 Å². The lowest BCUT2D eigenvalue weighted by atomic mass is 10.0. The molecule has 1 atom stereocenters. The summed E-state index contributed by atoms with van der Waals surface area (Å²) < 4.78 is 23.8. The summed E-state index contributed by atoms with van der Waals surface area (Å²) in [6.07, 6.45) is 0.454. The molecule has 1 amide bonds. The van der Waals surface area contributed by atoms with Crippen molar-refractivity contribution in [3.8, 4) is 0 Å². The van der Waals surface area contributed by atoms with Crippen molar-refractivity contribution >= 4 is 49.7 Å². The summed E-state index contributed by atoms with van der Waals surface area (Å²) in [5.74, 6) is 0.106. The van der Waals surface area contributed by atoms with Crippen molar-refractivity contribution in [1.82, 2.24) is 15.5 Å². The smallest absolute Gasteiger partial charge is 0.230 e. The highest BCUT2D eigenvalue weighted by Crippen LogP contribution is 2.28. The van der Waals surface area contributed by atoms with Gasteiger partial charge in [-0.15, -0.1) is 10.2 Å². The zero-order valence-corrected chi connectivity index (χ0v) is 16.0. The van der Waals surface area contributed by atoms with Gasteiger partial charge in [0.25, 0.3) is 0 Å². The van der Waals surface area contributed by atoms with E-state index in [0.717, 1.165) is 5.69 Å². The Balaban J connectivity index is 1.50. The summed E-state index contributed by atoms with van der Waals surface area (Å²) in [4.78, 5) is 12.1. The number of hydrogen-bond acceptors (Lipinski definition) is 8. The molecular formula is C15H18N4O3S3. The number of amides is 1. The fraction of sp³-hybridized carbons (Fsp3) is 0.400. The summed E-state index contributed by atoms with van der Waals surface area (Å²) in [6.45, 7) is 1.77. The van der Waals surface area contributed by atoms with Gasteiger partial charge in [-0.25, -0.2) is 8.42 Å². The predicted molar refractivity (Wildman–Crippen MR) is 100 cm³/mol. The van der Waals surface area contributed by atoms with Crippen LogP contribution in [0.1, 0.15) is 13.3 Å². The Morgan fingerprint density at radius 2 is 2.08 bits per heavy atom. The first-order valence-electron chi connectivity index (χ1n) is 7.63. The van der Waals surface area contributed by atoms with E-state index in [-0.39, 0.29) is 23.2 Å². The van der Waals surface area contributed by atoms with Gasteiger partial charge < -0.3 is 10.6 Å². The average molecular weight is 399 g/mol. The maximum Gasteiger partial charge on any atom is 0.230 e. The Hall–Kier alpha value is -1.65. The molecule has 0 spiro atoms. The largest absolute Gasteiger partial charge is 0.349 e. The Kier molecular flexibility index (Phi) is 5.30. The second-order valence-electron chi connectivity index (χ2n) is 6.10. The van der Waals surface area contributed by atoms with E-state index in [2.05, 4.69) is 20.8 Å². The van der Waals surface area contributed by atoms with Gasteiger partial charge in [0.1, 0.15) is 0 Å². The molecule has 0 bridgehead atoms. The molecule has 0 aliphatic carbocycles. The van der Waals surface area contributed by atoms with Crippen LogP contribution >= 0.6 is 23.1 Å². The third-order valence-electron chi connectivity index (χ3n) is 3.70. The van der Waals surface area contributed by atoms with E-state index >= 15 is 0 Å². The minimum absolute atomic E-state index is 0.000355. The zero-order chi connectivity index (χ0) is 17.9. The lowest BCUT2D eigenvalue weighted by Crippen LogP contribution is -2.47. The first-order valence-corrected chi connectivity index (χ1v) is 11.3. The van der Waals surface area contributed by atoms with Gasteiger partial charge in [0.05, 0.1) is 22.8 Å². The number of hydrogen-bond donors (Lipinski definition) is 2. The van der Waals surface area contributed by atoms with Crippen LogP contribution in [0.4, 0.5) is 10.8 Å². The number of nitrogens with zero attached hydrogens (tertiary/aromatic N) is 2. The van der Waals surface area contributed by atoms with E-state index in [4.69, 9.17) is 0 Å². The van der Waals surface area contributed by atoms with E-state index in [0.29, 0.717) is 15.9 Å². The number of benzene rings is 1. The quantitative estimate of drug-likeness (QED) is 0.718. The molecule has 7 nitrogen and oxygen atoms in total. The maximum absolute atomic E-state index is 12.1. The molecule has 2 aromatic rings. The first-order chi connectivity index (χ1) is 11.8. The second kappa shape index (κ2) is 7.30. The van der Waals surface area contributed by atoms with Crippen molar-refractivity contribution in [3.63, 3.8) is 0 Å². The number of para-hydroxylation sites is 1. The molecule has 1 aromatic carbocycles. The van der Waals surface area contributed by atoms with Crippen molar-refractivity contribution in [2.24, 2.45) is 0 Å². The molecule has 1 aliphatic heterocycles. The number of aromatic nitrogens is 2. The number of rotatable bonds is 6. The molecule has 134 valence electrons. The van der Waals surface area contributed by atoms with Crippen LogP contribution in [0.2, 0.25) is 0 Å². The van der Waals surface area contributed by atoms with Gasteiger partial charge in [-0.2, -0.15) is 0 Å². The Labute approximate surface area is 154 Å². The summed E-state index contributed by atoms with van der Waals surface area (Å²) in [5.41, 5.74) is 0.251. The number of sulfone groups is 1. The number of thioether (sulfide) groups is 1. The van der Waals surface area contributed by atoms with E-state index < -0.39 is 15.4 Å². The molecule has 1 aliphatic rings. The molecule has 0 unspecified atom stereocenters. The number of carbonyl (C=O) groups is 1. The lowest BCUT2D eigenvalue weighted by Gasteiger charge is -2.23. The summed E-state index contributed by atoms with van der Waals surface area (Å²) in [5, 5.41) is 14.7. The van der Waals surface area contributed by atoms with Crippen LogP contribution in [-0.4, -0.2) is 47.3 Å². The van der Waals surface area contributed by atoms with Gasteiger partial charge in [0.2, 0.25) is 11.0 Å². The van der Waals surface area contributed by atoms with Gasteiger partial charge in [0, 0.05) is 5.69 Å². The molecule has 3 rings (SSSR count). The average Bonchev–Trinajstić information content (AvgIpc) is 3.10. The van der Waals surface area contributed by atoms with Crippen molar-refractivity contribution in [2.75, 3.05) is 22.6 Å². The second-order valence-corrected chi connectivity index (χ2v) is 10.5. The van der Waals surface area contributed by atoms with Crippen molar-refractivity contribution in [1.29, 1.82) is 0 Å². The van der Waals surface area contributed by atoms with Gasteiger partial charge >= 0.3 is 0 Å². The van der Waals surface area contributed by atoms with Gasteiger partial charge in [-0.05, 0) is 25.5 Å². The molecule has 1 saturated heterocycles. The van der Waals surface area contributed by atoms with Crippen LogP contribution in [0.3, 0.4) is 0 Å². The van der Waals surface area contributed by atoms with Gasteiger partial charge in [-0.3, -0.25) is 4.79 Å². The molecular weight excluding hydrogens is 380 g/mol. The summed E-state index contributed by atoms with van der Waals surface area (Å²) in [7, 11) is -3.04. The third-order valence-corrected chi connectivity index (χ3v) is 7.58. The van der Waals surface area contributed by atoms with Crippen molar-refractivity contribution in [3.05, 3.63) is 30.3 Å². The van der Waals surface area contributed by atoms with Crippen LogP contribution in [-0.2, 0) is 14.6 Å². The molecule has 10 heteroatoms. The maximum atomic E-state index is 12.1. The molecule has 1 aromatic heterocycles. The Morgan fingerprint density at radius 3 is 2.76 bits per heavy atom. The third kappa shape index (κ3) is 5.16. The fourth-order valence-corrected chi connectivity index (χ4v) is 6.24. The van der Waals surface area contributed by atoms with E-state index in [9.17, 15) is 13.2 Å². The minimum Gasteiger partial charge on any atom is -0.349 e. The highest BCUT2D eigenvalue weighted by molar-refractivity contribution is 8.01. The van der Waals surface area contributed by atoms with Crippen molar-refractivity contribution in [2.45, 2.75) is 23.2 Å². The summed E-state index contributed by atoms with van der Waals surface area (Å²) >= 11 is 2.65. The molecule has 1 fully saturated rings. The molecule has 2 heterocycles. The predicted octanol–water partition coefficient (Wildman–Crippen LogP) is 2.07. The monoisotopic (exact) mass is 398 g/mol. The first kappa shape index (κ1) is 18.2. The van der Waals surface area contributed by atoms with Crippen LogP contribution < -0.4 is 10.6 Å². The highest BCUT2D eigenvalue weighted by Gasteiger charge is 2.39. The van der Waals surface area contributed by atoms with Crippen LogP contribution in [0.5, 0.6) is 0 Å². The normalized spacial score (nSPS) is 21.8. The van der Waals surface area contributed by atoms with Crippen LogP contribution in [0.15, 0.2) is 34.7 Å². The Bertz CT molecular complexity index is 854. The highest BCUT2D eigenvalue weighted by atomic mass is 32.2. The standard InChI is InChI=1S/C15H18N4O3S3/c1-15(7-8-25(21,22)10-15)17-12(20)9-23-14-19-18-13(24-14)16-11-5-3-2-4-6-11/h2-6H,7-10H2,1H3,(H,16,18)(H,17,20)/t15-/m1/s1. The minimum atomic E-state index is -3.04. The molecule has 2 N–H and O–H groups in total. The van der Waals surface area contributed by atoms with Crippen LogP contribution in [0.25, 0.3) is 0 Å². The zero-order valence-electron chi connectivity index (χ0n) is 13.6. The molecule has 0 radical (unpaired) electrons. The topological polar surface area (TPSA) is 101 Å². The van der Waals surface area contributed by atoms with Gasteiger partial charge in [-0.1, -0.05) is 41.3 Å². The van der Waals surface area contributed by atoms with E-state index in [1.54, 1.807) is 6.92 Å². The summed E-state index contributed by atoms with van der Waals surface area (Å²) in [6, 6.07) is 9.64. The van der Waals surface area contributed by atoms with Gasteiger partial charge in [0.15, 0.2) is 14.2 Å². The van der Waals surface area contributed by atoms with Crippen molar-refractivity contribution < 1.29 is 13.2 Å². The molecule has 25 heavy (non-hydrogen) atoms. The van der Waals surface area contributed by atoms with E-state index in [1.807, 2.05) is 30.3 Å². The van der Waals surface area contributed by atoms with Crippen LogP contribution in [0, 0.1) is 0 Å².